The van der Waals surface area contributed by atoms with Crippen LogP contribution in [0.15, 0.2) is 24.5 Å². The molecule has 1 heterocycles. The van der Waals surface area contributed by atoms with Crippen molar-refractivity contribution in [1.82, 2.24) is 15.2 Å². The number of rotatable bonds is 3. The van der Waals surface area contributed by atoms with Crippen LogP contribution in [0.1, 0.15) is 21.0 Å². The average Bonchev–Trinajstić information content (AvgIpc) is 2.94. The van der Waals surface area contributed by atoms with Crippen LogP contribution in [0.5, 0.6) is 0 Å². The van der Waals surface area contributed by atoms with Crippen LogP contribution in [0.25, 0.3) is 0 Å². The van der Waals surface area contributed by atoms with Gasteiger partial charge in [0.2, 0.25) is 5.82 Å². The van der Waals surface area contributed by atoms with E-state index >= 15 is 0 Å². The average molecular weight is 264 g/mol. The number of anilines is 1. The number of hydrogen-bond donors (Lipinski definition) is 2. The van der Waals surface area contributed by atoms with Gasteiger partial charge in [-0.25, -0.2) is 14.2 Å². The molecule has 0 unspecified atom stereocenters. The van der Waals surface area contributed by atoms with Gasteiger partial charge < -0.3 is 10.1 Å². The lowest BCUT2D eigenvalue weighted by atomic mass is 10.2. The summed E-state index contributed by atoms with van der Waals surface area (Å²) in [5.41, 5.74) is -0.0268. The second-order valence-corrected chi connectivity index (χ2v) is 3.47. The zero-order valence-corrected chi connectivity index (χ0v) is 9.81. The molecule has 0 aliphatic heterocycles. The highest BCUT2D eigenvalue weighted by Crippen LogP contribution is 2.17. The minimum absolute atomic E-state index is 0.0668. The van der Waals surface area contributed by atoms with Crippen LogP contribution in [-0.4, -0.2) is 34.2 Å². The quantitative estimate of drug-likeness (QED) is 0.805. The molecule has 2 rings (SSSR count). The van der Waals surface area contributed by atoms with Crippen molar-refractivity contribution in [2.24, 2.45) is 0 Å². The number of amides is 1. The van der Waals surface area contributed by atoms with E-state index in [0.717, 1.165) is 12.4 Å². The number of ether oxygens (including phenoxy) is 1. The standard InChI is InChI=1S/C11H9FN4O3/c1-19-11(18)6-2-3-7(12)8(4-6)15-10(17)9-13-5-14-16-9/h2-5H,1H3,(H,15,17)(H,13,14,16). The first kappa shape index (κ1) is 12.7. The summed E-state index contributed by atoms with van der Waals surface area (Å²) in [6.07, 6.45) is 1.15. The molecule has 1 aromatic heterocycles. The number of nitrogens with zero attached hydrogens (tertiary/aromatic N) is 2. The molecule has 19 heavy (non-hydrogen) atoms. The van der Waals surface area contributed by atoms with Gasteiger partial charge in [0, 0.05) is 0 Å². The van der Waals surface area contributed by atoms with Crippen molar-refractivity contribution in [3.8, 4) is 0 Å². The van der Waals surface area contributed by atoms with Gasteiger partial charge in [0.05, 0.1) is 18.4 Å². The number of H-pyrrole nitrogens is 1. The molecule has 0 fully saturated rings. The summed E-state index contributed by atoms with van der Waals surface area (Å²) in [4.78, 5) is 26.6. The molecule has 8 heteroatoms. The van der Waals surface area contributed by atoms with Crippen molar-refractivity contribution in [3.63, 3.8) is 0 Å². The van der Waals surface area contributed by atoms with Gasteiger partial charge in [0.1, 0.15) is 12.1 Å². The van der Waals surface area contributed by atoms with E-state index in [1.54, 1.807) is 0 Å². The molecule has 0 aliphatic rings. The largest absolute Gasteiger partial charge is 0.465 e. The van der Waals surface area contributed by atoms with E-state index in [1.165, 1.54) is 19.2 Å². The number of benzene rings is 1. The molecule has 0 saturated carbocycles. The normalized spacial score (nSPS) is 10.0. The molecule has 2 aromatic rings. The first-order valence-electron chi connectivity index (χ1n) is 5.16. The molecule has 0 atom stereocenters. The maximum absolute atomic E-state index is 13.5. The first-order valence-corrected chi connectivity index (χ1v) is 5.16. The molecular formula is C11H9FN4O3. The molecule has 0 saturated heterocycles. The van der Waals surface area contributed by atoms with E-state index in [-0.39, 0.29) is 17.1 Å². The highest BCUT2D eigenvalue weighted by molar-refractivity contribution is 6.02. The predicted octanol–water partition coefficient (Wildman–Crippen LogP) is 0.983. The molecule has 0 spiro atoms. The zero-order chi connectivity index (χ0) is 13.8. The fraction of sp³-hybridized carbons (Fsp3) is 0.0909. The van der Waals surface area contributed by atoms with Crippen LogP contribution in [0.4, 0.5) is 10.1 Å². The van der Waals surface area contributed by atoms with Gasteiger partial charge in [0.15, 0.2) is 0 Å². The minimum Gasteiger partial charge on any atom is -0.465 e. The van der Waals surface area contributed by atoms with Crippen molar-refractivity contribution >= 4 is 17.6 Å². The lowest BCUT2D eigenvalue weighted by molar-refractivity contribution is 0.0600. The number of halogens is 1. The molecule has 0 bridgehead atoms. The van der Waals surface area contributed by atoms with Crippen molar-refractivity contribution < 1.29 is 18.7 Å². The van der Waals surface area contributed by atoms with E-state index in [2.05, 4.69) is 25.2 Å². The Labute approximate surface area is 106 Å². The van der Waals surface area contributed by atoms with E-state index in [1.807, 2.05) is 0 Å². The first-order chi connectivity index (χ1) is 9.11. The van der Waals surface area contributed by atoms with Crippen molar-refractivity contribution in [2.75, 3.05) is 12.4 Å². The second-order valence-electron chi connectivity index (χ2n) is 3.47. The Morgan fingerprint density at radius 2 is 2.21 bits per heavy atom. The summed E-state index contributed by atoms with van der Waals surface area (Å²) in [5, 5.41) is 8.12. The fourth-order valence-electron chi connectivity index (χ4n) is 1.36. The number of carbonyl (C=O) groups is 2. The number of carbonyl (C=O) groups excluding carboxylic acids is 2. The fourth-order valence-corrected chi connectivity index (χ4v) is 1.36. The lowest BCUT2D eigenvalue weighted by Crippen LogP contribution is -2.15. The Balaban J connectivity index is 2.24. The maximum Gasteiger partial charge on any atom is 0.337 e. The highest BCUT2D eigenvalue weighted by Gasteiger charge is 2.14. The zero-order valence-electron chi connectivity index (χ0n) is 9.81. The number of methoxy groups -OCH3 is 1. The molecular weight excluding hydrogens is 255 g/mol. The van der Waals surface area contributed by atoms with Gasteiger partial charge in [-0.1, -0.05) is 0 Å². The van der Waals surface area contributed by atoms with Crippen LogP contribution in [-0.2, 0) is 4.74 Å². The van der Waals surface area contributed by atoms with E-state index in [9.17, 15) is 14.0 Å². The number of hydrogen-bond acceptors (Lipinski definition) is 5. The van der Waals surface area contributed by atoms with E-state index in [0.29, 0.717) is 0 Å². The topological polar surface area (TPSA) is 97.0 Å². The number of aromatic amines is 1. The lowest BCUT2D eigenvalue weighted by Gasteiger charge is -2.06. The van der Waals surface area contributed by atoms with Crippen LogP contribution in [0, 0.1) is 5.82 Å². The number of aromatic nitrogens is 3. The predicted molar refractivity (Wildman–Crippen MR) is 62.1 cm³/mol. The minimum atomic E-state index is -0.680. The van der Waals surface area contributed by atoms with Crippen molar-refractivity contribution in [1.29, 1.82) is 0 Å². The summed E-state index contributed by atoms with van der Waals surface area (Å²) < 4.78 is 18.0. The Kier molecular flexibility index (Phi) is 3.51. The molecule has 0 aliphatic carbocycles. The Hall–Kier alpha value is -2.77. The van der Waals surface area contributed by atoms with Crippen LogP contribution in [0.2, 0.25) is 0 Å². The monoisotopic (exact) mass is 264 g/mol. The number of esters is 1. The molecule has 1 aromatic carbocycles. The Bertz CT molecular complexity index is 612. The SMILES string of the molecule is COC(=O)c1ccc(F)c(NC(=O)c2ncn[nH]2)c1. The van der Waals surface area contributed by atoms with E-state index < -0.39 is 17.7 Å². The second kappa shape index (κ2) is 5.25. The van der Waals surface area contributed by atoms with Gasteiger partial charge in [-0.15, -0.1) is 0 Å². The van der Waals surface area contributed by atoms with Gasteiger partial charge in [-0.05, 0) is 18.2 Å². The van der Waals surface area contributed by atoms with Gasteiger partial charge in [-0.3, -0.25) is 9.89 Å². The molecule has 2 N–H and O–H groups in total. The number of nitrogens with one attached hydrogen (secondary N) is 2. The third-order valence-electron chi connectivity index (χ3n) is 2.27. The summed E-state index contributed by atoms with van der Waals surface area (Å²) in [6, 6.07) is 3.49. The smallest absolute Gasteiger partial charge is 0.337 e. The van der Waals surface area contributed by atoms with Crippen LogP contribution in [0.3, 0.4) is 0 Å². The third kappa shape index (κ3) is 2.73. The van der Waals surface area contributed by atoms with Crippen molar-refractivity contribution in [2.45, 2.75) is 0 Å². The molecule has 1 amide bonds. The summed E-state index contributed by atoms with van der Waals surface area (Å²) in [6.45, 7) is 0. The van der Waals surface area contributed by atoms with Crippen LogP contribution >= 0.6 is 0 Å². The Morgan fingerprint density at radius 1 is 1.42 bits per heavy atom. The van der Waals surface area contributed by atoms with Gasteiger partial charge in [0.25, 0.3) is 5.91 Å². The van der Waals surface area contributed by atoms with Crippen LogP contribution < -0.4 is 5.32 Å². The van der Waals surface area contributed by atoms with E-state index in [4.69, 9.17) is 0 Å². The highest BCUT2D eigenvalue weighted by atomic mass is 19.1. The summed E-state index contributed by atoms with van der Waals surface area (Å²) in [7, 11) is 1.21. The van der Waals surface area contributed by atoms with Gasteiger partial charge >= 0.3 is 5.97 Å². The summed E-state index contributed by atoms with van der Waals surface area (Å²) >= 11 is 0. The summed E-state index contributed by atoms with van der Waals surface area (Å²) in [5.74, 6) is -2.04. The molecule has 7 nitrogen and oxygen atoms in total. The molecule has 0 radical (unpaired) electrons. The molecule has 98 valence electrons. The van der Waals surface area contributed by atoms with Gasteiger partial charge in [-0.2, -0.15) is 5.10 Å². The third-order valence-corrected chi connectivity index (χ3v) is 2.27. The maximum atomic E-state index is 13.5. The van der Waals surface area contributed by atoms with Crippen molar-refractivity contribution in [3.05, 3.63) is 41.7 Å². The Morgan fingerprint density at radius 3 is 2.84 bits per heavy atom.